The van der Waals surface area contributed by atoms with Gasteiger partial charge in [0.25, 0.3) is 5.91 Å². The van der Waals surface area contributed by atoms with Crippen molar-refractivity contribution < 1.29 is 23.9 Å². The number of ketones is 1. The third-order valence-electron chi connectivity index (χ3n) is 5.84. The van der Waals surface area contributed by atoms with E-state index in [4.69, 9.17) is 9.47 Å². The van der Waals surface area contributed by atoms with Crippen LogP contribution < -0.4 is 9.47 Å². The summed E-state index contributed by atoms with van der Waals surface area (Å²) in [4.78, 5) is 38.7. The summed E-state index contributed by atoms with van der Waals surface area (Å²) in [6.45, 7) is 4.60. The van der Waals surface area contributed by atoms with E-state index in [-0.39, 0.29) is 24.8 Å². The summed E-state index contributed by atoms with van der Waals surface area (Å²) in [5.41, 5.74) is 1.78. The molecular formula is C31H35NO5. The quantitative estimate of drug-likeness (QED) is 0.143. The first kappa shape index (κ1) is 27.7. The second-order valence-corrected chi connectivity index (χ2v) is 9.05. The van der Waals surface area contributed by atoms with Crippen molar-refractivity contribution in [3.8, 4) is 11.5 Å². The van der Waals surface area contributed by atoms with Gasteiger partial charge in [0.1, 0.15) is 17.3 Å². The second kappa shape index (κ2) is 14.6. The number of Topliss-reactive ketones (excluding diaryl/α,β-unsaturated/α-hetero) is 1. The van der Waals surface area contributed by atoms with Crippen molar-refractivity contribution >= 4 is 17.7 Å². The number of amides is 1. The van der Waals surface area contributed by atoms with Gasteiger partial charge >= 0.3 is 5.97 Å². The summed E-state index contributed by atoms with van der Waals surface area (Å²) in [5.74, 6) is 0.356. The number of unbranched alkanes of at least 4 members (excludes halogenated alkanes) is 4. The summed E-state index contributed by atoms with van der Waals surface area (Å²) in [6, 6.07) is 22.7. The van der Waals surface area contributed by atoms with E-state index in [1.165, 1.54) is 31.1 Å². The maximum atomic E-state index is 12.9. The van der Waals surface area contributed by atoms with Crippen LogP contribution in [0.5, 0.6) is 11.5 Å². The number of benzene rings is 3. The standard InChI is InChI=1S/C31H35NO5/c1-3-4-5-6-10-21-36-28-19-15-27(16-20-28)31(35)37-29-17-13-25(14-18-29)23-32(22-24(2)33)30(34)26-11-8-7-9-12-26/h7-9,11-20H,3-6,10,21-23H2,1-2H3. The zero-order valence-corrected chi connectivity index (χ0v) is 21.7. The van der Waals surface area contributed by atoms with E-state index in [0.717, 1.165) is 24.2 Å². The van der Waals surface area contributed by atoms with Crippen LogP contribution in [0.3, 0.4) is 0 Å². The molecule has 37 heavy (non-hydrogen) atoms. The van der Waals surface area contributed by atoms with Crippen LogP contribution in [0.4, 0.5) is 0 Å². The predicted octanol–water partition coefficient (Wildman–Crippen LogP) is 6.49. The summed E-state index contributed by atoms with van der Waals surface area (Å²) < 4.78 is 11.3. The Kier molecular flexibility index (Phi) is 10.9. The van der Waals surface area contributed by atoms with Gasteiger partial charge in [-0.25, -0.2) is 4.79 Å². The summed E-state index contributed by atoms with van der Waals surface area (Å²) >= 11 is 0. The number of carbonyl (C=O) groups is 3. The highest BCUT2D eigenvalue weighted by atomic mass is 16.5. The first-order valence-corrected chi connectivity index (χ1v) is 12.8. The number of esters is 1. The SMILES string of the molecule is CCCCCCCOc1ccc(C(=O)Oc2ccc(CN(CC(C)=O)C(=O)c3ccccc3)cc2)cc1. The van der Waals surface area contributed by atoms with Gasteiger partial charge in [0.15, 0.2) is 0 Å². The van der Waals surface area contributed by atoms with Crippen LogP contribution in [0.15, 0.2) is 78.9 Å². The molecule has 3 aromatic rings. The Morgan fingerprint density at radius 1 is 0.730 bits per heavy atom. The van der Waals surface area contributed by atoms with Gasteiger partial charge in [-0.2, -0.15) is 0 Å². The minimum Gasteiger partial charge on any atom is -0.494 e. The van der Waals surface area contributed by atoms with Crippen molar-refractivity contribution in [2.45, 2.75) is 52.5 Å². The fourth-order valence-corrected chi connectivity index (χ4v) is 3.86. The predicted molar refractivity (Wildman–Crippen MR) is 144 cm³/mol. The second-order valence-electron chi connectivity index (χ2n) is 9.05. The molecule has 0 aliphatic rings. The lowest BCUT2D eigenvalue weighted by atomic mass is 10.1. The molecule has 0 spiro atoms. The first-order valence-electron chi connectivity index (χ1n) is 12.8. The molecule has 0 unspecified atom stereocenters. The zero-order valence-electron chi connectivity index (χ0n) is 21.7. The highest BCUT2D eigenvalue weighted by Crippen LogP contribution is 2.19. The van der Waals surface area contributed by atoms with E-state index >= 15 is 0 Å². The topological polar surface area (TPSA) is 72.9 Å². The molecule has 1 amide bonds. The van der Waals surface area contributed by atoms with Crippen molar-refractivity contribution in [2.24, 2.45) is 0 Å². The van der Waals surface area contributed by atoms with Crippen molar-refractivity contribution in [3.05, 3.63) is 95.6 Å². The average molecular weight is 502 g/mol. The van der Waals surface area contributed by atoms with Crippen LogP contribution in [0, 0.1) is 0 Å². The molecule has 6 heteroatoms. The van der Waals surface area contributed by atoms with E-state index < -0.39 is 5.97 Å². The summed E-state index contributed by atoms with van der Waals surface area (Å²) in [5, 5.41) is 0. The average Bonchev–Trinajstić information content (AvgIpc) is 2.91. The maximum Gasteiger partial charge on any atom is 0.343 e. The highest BCUT2D eigenvalue weighted by molar-refractivity contribution is 5.96. The molecule has 3 rings (SSSR count). The lowest BCUT2D eigenvalue weighted by Gasteiger charge is -2.22. The summed E-state index contributed by atoms with van der Waals surface area (Å²) in [6.07, 6.45) is 5.89. The van der Waals surface area contributed by atoms with Crippen LogP contribution in [-0.2, 0) is 11.3 Å². The van der Waals surface area contributed by atoms with Gasteiger partial charge in [0.2, 0.25) is 0 Å². The number of carbonyl (C=O) groups excluding carboxylic acids is 3. The number of nitrogens with zero attached hydrogens (tertiary/aromatic N) is 1. The molecule has 0 N–H and O–H groups in total. The number of rotatable bonds is 14. The molecular weight excluding hydrogens is 466 g/mol. The van der Waals surface area contributed by atoms with Gasteiger partial charge in [-0.15, -0.1) is 0 Å². The van der Waals surface area contributed by atoms with Gasteiger partial charge in [0, 0.05) is 12.1 Å². The van der Waals surface area contributed by atoms with Gasteiger partial charge in [-0.3, -0.25) is 9.59 Å². The number of ether oxygens (including phenoxy) is 2. The monoisotopic (exact) mass is 501 g/mol. The van der Waals surface area contributed by atoms with Crippen molar-refractivity contribution in [1.82, 2.24) is 4.90 Å². The molecule has 0 aliphatic heterocycles. The molecule has 0 saturated heterocycles. The molecule has 0 bridgehead atoms. The Labute approximate surface area is 219 Å². The molecule has 3 aromatic carbocycles. The van der Waals surface area contributed by atoms with Gasteiger partial charge in [0.05, 0.1) is 18.7 Å². The molecule has 0 heterocycles. The molecule has 194 valence electrons. The number of hydrogen-bond acceptors (Lipinski definition) is 5. The molecule has 0 fully saturated rings. The molecule has 0 saturated carbocycles. The van der Waals surface area contributed by atoms with Gasteiger partial charge < -0.3 is 14.4 Å². The van der Waals surface area contributed by atoms with Crippen LogP contribution in [0.25, 0.3) is 0 Å². The molecule has 6 nitrogen and oxygen atoms in total. The minimum atomic E-state index is -0.462. The van der Waals surface area contributed by atoms with E-state index in [1.54, 1.807) is 72.8 Å². The third kappa shape index (κ3) is 9.22. The van der Waals surface area contributed by atoms with Gasteiger partial charge in [-0.05, 0) is 67.4 Å². The highest BCUT2D eigenvalue weighted by Gasteiger charge is 2.18. The zero-order chi connectivity index (χ0) is 26.5. The Morgan fingerprint density at radius 2 is 1.38 bits per heavy atom. The fourth-order valence-electron chi connectivity index (χ4n) is 3.86. The Morgan fingerprint density at radius 3 is 2.03 bits per heavy atom. The van der Waals surface area contributed by atoms with E-state index in [0.29, 0.717) is 23.5 Å². The van der Waals surface area contributed by atoms with Crippen molar-refractivity contribution in [2.75, 3.05) is 13.2 Å². The smallest absolute Gasteiger partial charge is 0.343 e. The third-order valence-corrected chi connectivity index (χ3v) is 5.84. The van der Waals surface area contributed by atoms with Crippen LogP contribution in [0.2, 0.25) is 0 Å². The molecule has 0 aliphatic carbocycles. The molecule has 0 aromatic heterocycles. The lowest BCUT2D eigenvalue weighted by Crippen LogP contribution is -2.34. The lowest BCUT2D eigenvalue weighted by molar-refractivity contribution is -0.117. The normalized spacial score (nSPS) is 10.5. The first-order chi connectivity index (χ1) is 18.0. The Bertz CT molecular complexity index is 1140. The van der Waals surface area contributed by atoms with Gasteiger partial charge in [-0.1, -0.05) is 62.9 Å². The molecule has 0 radical (unpaired) electrons. The number of hydrogen-bond donors (Lipinski definition) is 0. The van der Waals surface area contributed by atoms with Crippen molar-refractivity contribution in [3.63, 3.8) is 0 Å². The maximum absolute atomic E-state index is 12.9. The van der Waals surface area contributed by atoms with Crippen LogP contribution in [-0.4, -0.2) is 35.7 Å². The van der Waals surface area contributed by atoms with Crippen molar-refractivity contribution in [1.29, 1.82) is 0 Å². The fraction of sp³-hybridized carbons (Fsp3) is 0.323. The summed E-state index contributed by atoms with van der Waals surface area (Å²) in [7, 11) is 0. The van der Waals surface area contributed by atoms with Crippen LogP contribution in [0.1, 0.15) is 72.2 Å². The Balaban J connectivity index is 1.53. The Hall–Kier alpha value is -3.93. The minimum absolute atomic E-state index is 0.0169. The van der Waals surface area contributed by atoms with E-state index in [1.807, 2.05) is 6.07 Å². The van der Waals surface area contributed by atoms with E-state index in [2.05, 4.69) is 6.92 Å². The van der Waals surface area contributed by atoms with E-state index in [9.17, 15) is 14.4 Å². The molecule has 0 atom stereocenters. The largest absolute Gasteiger partial charge is 0.494 e. The van der Waals surface area contributed by atoms with Crippen LogP contribution >= 0.6 is 0 Å².